The first-order chi connectivity index (χ1) is 7.18. The lowest BCUT2D eigenvalue weighted by Crippen LogP contribution is -2.32. The number of halogens is 1. The molecule has 3 heteroatoms. The van der Waals surface area contributed by atoms with Gasteiger partial charge in [0.1, 0.15) is 6.10 Å². The number of esters is 1. The fraction of sp³-hybridized carbons (Fsp3) is 0.917. The summed E-state index contributed by atoms with van der Waals surface area (Å²) in [4.78, 5) is 11.0. The second-order valence-electron chi connectivity index (χ2n) is 5.33. The molecule has 84 valence electrons. The van der Waals surface area contributed by atoms with Crippen LogP contribution in [-0.2, 0) is 9.53 Å². The van der Waals surface area contributed by atoms with Gasteiger partial charge in [-0.25, -0.2) is 0 Å². The smallest absolute Gasteiger partial charge is 0.302 e. The predicted octanol–water partition coefficient (Wildman–Crippen LogP) is 2.59. The van der Waals surface area contributed by atoms with Gasteiger partial charge in [0.2, 0.25) is 0 Å². The molecule has 0 N–H and O–H groups in total. The molecule has 2 bridgehead atoms. The van der Waals surface area contributed by atoms with Crippen molar-refractivity contribution in [3.8, 4) is 0 Å². The number of hydrogen-bond acceptors (Lipinski definition) is 2. The summed E-state index contributed by atoms with van der Waals surface area (Å²) >= 11 is 6.46. The third kappa shape index (κ3) is 1.33. The normalized spacial score (nSPS) is 51.9. The maximum Gasteiger partial charge on any atom is 0.302 e. The van der Waals surface area contributed by atoms with E-state index in [1.807, 2.05) is 0 Å². The van der Waals surface area contributed by atoms with E-state index in [4.69, 9.17) is 16.3 Å². The number of rotatable bonds is 1. The van der Waals surface area contributed by atoms with Crippen molar-refractivity contribution in [1.82, 2.24) is 0 Å². The van der Waals surface area contributed by atoms with Crippen molar-refractivity contribution in [3.63, 3.8) is 0 Å². The molecule has 3 rings (SSSR count). The summed E-state index contributed by atoms with van der Waals surface area (Å²) in [5, 5.41) is 0.268. The van der Waals surface area contributed by atoms with Crippen LogP contribution in [0.15, 0.2) is 0 Å². The molecule has 15 heavy (non-hydrogen) atoms. The molecule has 3 saturated carbocycles. The Labute approximate surface area is 95.3 Å². The lowest BCUT2D eigenvalue weighted by Gasteiger charge is -2.30. The Morgan fingerprint density at radius 1 is 1.27 bits per heavy atom. The zero-order valence-corrected chi connectivity index (χ0v) is 9.74. The monoisotopic (exact) mass is 228 g/mol. The van der Waals surface area contributed by atoms with E-state index in [1.165, 1.54) is 26.2 Å². The summed E-state index contributed by atoms with van der Waals surface area (Å²) < 4.78 is 5.40. The fourth-order valence-corrected chi connectivity index (χ4v) is 4.97. The van der Waals surface area contributed by atoms with Crippen molar-refractivity contribution < 1.29 is 9.53 Å². The van der Waals surface area contributed by atoms with Crippen LogP contribution < -0.4 is 0 Å². The van der Waals surface area contributed by atoms with Crippen LogP contribution in [0.2, 0.25) is 0 Å². The summed E-state index contributed by atoms with van der Waals surface area (Å²) in [6, 6.07) is 0. The number of carbonyl (C=O) groups is 1. The quantitative estimate of drug-likeness (QED) is 0.510. The second-order valence-corrected chi connectivity index (χ2v) is 5.83. The van der Waals surface area contributed by atoms with Gasteiger partial charge >= 0.3 is 5.97 Å². The highest BCUT2D eigenvalue weighted by atomic mass is 35.5. The molecule has 0 saturated heterocycles. The highest BCUT2D eigenvalue weighted by Crippen LogP contribution is 2.61. The van der Waals surface area contributed by atoms with Gasteiger partial charge in [-0.15, -0.1) is 11.6 Å². The number of alkyl halides is 1. The Morgan fingerprint density at radius 3 is 2.73 bits per heavy atom. The Hall–Kier alpha value is -0.240. The minimum absolute atomic E-state index is 0.120. The van der Waals surface area contributed by atoms with Crippen LogP contribution in [0.25, 0.3) is 0 Å². The number of hydrogen-bond donors (Lipinski definition) is 0. The molecule has 3 fully saturated rings. The molecule has 0 aliphatic heterocycles. The lowest BCUT2D eigenvalue weighted by atomic mass is 9.80. The van der Waals surface area contributed by atoms with Gasteiger partial charge in [0.25, 0.3) is 0 Å². The van der Waals surface area contributed by atoms with Gasteiger partial charge in [0, 0.05) is 18.2 Å². The third-order valence-corrected chi connectivity index (χ3v) is 5.31. The number of ether oxygens (including phenoxy) is 1. The van der Waals surface area contributed by atoms with Gasteiger partial charge in [0.05, 0.1) is 0 Å². The second kappa shape index (κ2) is 3.38. The maximum atomic E-state index is 11.0. The molecule has 0 aromatic carbocycles. The van der Waals surface area contributed by atoms with Gasteiger partial charge in [-0.3, -0.25) is 4.79 Å². The molecule has 0 aromatic heterocycles. The average Bonchev–Trinajstić information content (AvgIpc) is 2.76. The zero-order chi connectivity index (χ0) is 10.6. The first kappa shape index (κ1) is 9.95. The molecule has 0 spiro atoms. The van der Waals surface area contributed by atoms with E-state index in [0.29, 0.717) is 11.8 Å². The van der Waals surface area contributed by atoms with Gasteiger partial charge in [-0.05, 0) is 37.0 Å². The van der Waals surface area contributed by atoms with Crippen molar-refractivity contribution in [2.45, 2.75) is 44.1 Å². The minimum atomic E-state index is -0.147. The zero-order valence-electron chi connectivity index (χ0n) is 8.99. The van der Waals surface area contributed by atoms with E-state index in [-0.39, 0.29) is 17.5 Å². The molecule has 3 aliphatic rings. The maximum absolute atomic E-state index is 11.0. The third-order valence-electron chi connectivity index (χ3n) is 4.70. The Balaban J connectivity index is 1.80. The Kier molecular flexibility index (Phi) is 2.24. The largest absolute Gasteiger partial charge is 0.462 e. The van der Waals surface area contributed by atoms with E-state index in [9.17, 15) is 4.79 Å². The molecule has 3 aliphatic carbocycles. The van der Waals surface area contributed by atoms with E-state index in [0.717, 1.165) is 18.3 Å². The van der Waals surface area contributed by atoms with Crippen LogP contribution in [0.3, 0.4) is 0 Å². The van der Waals surface area contributed by atoms with E-state index < -0.39 is 0 Å². The van der Waals surface area contributed by atoms with E-state index >= 15 is 0 Å². The van der Waals surface area contributed by atoms with Crippen LogP contribution in [0.1, 0.15) is 32.6 Å². The molecular formula is C12H17ClO2. The van der Waals surface area contributed by atoms with Crippen molar-refractivity contribution in [2.75, 3.05) is 0 Å². The van der Waals surface area contributed by atoms with Crippen molar-refractivity contribution in [2.24, 2.45) is 23.7 Å². The summed E-state index contributed by atoms with van der Waals surface area (Å²) in [7, 11) is 0. The molecule has 0 aromatic rings. The number of fused-ring (bicyclic) bond motifs is 5. The van der Waals surface area contributed by atoms with E-state index in [1.54, 1.807) is 0 Å². The Bertz CT molecular complexity index is 289. The average molecular weight is 229 g/mol. The predicted molar refractivity (Wildman–Crippen MR) is 57.6 cm³/mol. The highest BCUT2D eigenvalue weighted by Gasteiger charge is 2.60. The SMILES string of the molecule is CC(=O)O[C@H]1C[C@H]2[C@@H](Cl)[C@@H]1[C@H]1CCC[C@@H]21. The van der Waals surface area contributed by atoms with Crippen molar-refractivity contribution in [3.05, 3.63) is 0 Å². The van der Waals surface area contributed by atoms with Crippen LogP contribution in [0.4, 0.5) is 0 Å². The van der Waals surface area contributed by atoms with Gasteiger partial charge in [-0.1, -0.05) is 6.42 Å². The minimum Gasteiger partial charge on any atom is -0.462 e. The lowest BCUT2D eigenvalue weighted by molar-refractivity contribution is -0.150. The summed E-state index contributed by atoms with van der Waals surface area (Å²) in [5.41, 5.74) is 0. The highest BCUT2D eigenvalue weighted by molar-refractivity contribution is 6.21. The van der Waals surface area contributed by atoms with Crippen molar-refractivity contribution >= 4 is 17.6 Å². The molecule has 2 nitrogen and oxygen atoms in total. The summed E-state index contributed by atoms with van der Waals surface area (Å²) in [5.74, 6) is 2.51. The van der Waals surface area contributed by atoms with Crippen LogP contribution in [0, 0.1) is 23.7 Å². The summed E-state index contributed by atoms with van der Waals surface area (Å²) in [6.45, 7) is 1.50. The number of carbonyl (C=O) groups excluding carboxylic acids is 1. The molecular weight excluding hydrogens is 212 g/mol. The Morgan fingerprint density at radius 2 is 2.00 bits per heavy atom. The standard InChI is InChI=1S/C12H17ClO2/c1-6(14)15-10-5-9-7-3-2-4-8(7)11(10)12(9)13/h7-12H,2-5H2,1H3/t7-,8+,9-,10+,11-,12-/m1/s1. The van der Waals surface area contributed by atoms with Crippen molar-refractivity contribution in [1.29, 1.82) is 0 Å². The van der Waals surface area contributed by atoms with Crippen LogP contribution >= 0.6 is 11.6 Å². The molecule has 0 unspecified atom stereocenters. The van der Waals surface area contributed by atoms with Gasteiger partial charge in [-0.2, -0.15) is 0 Å². The molecule has 0 radical (unpaired) electrons. The first-order valence-corrected chi connectivity index (χ1v) is 6.43. The van der Waals surface area contributed by atoms with Crippen LogP contribution in [-0.4, -0.2) is 17.5 Å². The molecule has 6 atom stereocenters. The van der Waals surface area contributed by atoms with Gasteiger partial charge < -0.3 is 4.74 Å². The van der Waals surface area contributed by atoms with Crippen LogP contribution in [0.5, 0.6) is 0 Å². The molecule has 0 heterocycles. The van der Waals surface area contributed by atoms with Gasteiger partial charge in [0.15, 0.2) is 0 Å². The molecule has 0 amide bonds. The fourth-order valence-electron chi connectivity index (χ4n) is 4.34. The topological polar surface area (TPSA) is 26.3 Å². The van der Waals surface area contributed by atoms with E-state index in [2.05, 4.69) is 0 Å². The first-order valence-electron chi connectivity index (χ1n) is 6.00. The summed E-state index contributed by atoms with van der Waals surface area (Å²) in [6.07, 6.45) is 5.13.